The summed E-state index contributed by atoms with van der Waals surface area (Å²) in [6, 6.07) is 16.4. The molecule has 0 spiro atoms. The largest absolute Gasteiger partial charge is 1.00 e. The van der Waals surface area contributed by atoms with E-state index in [9.17, 15) is 0 Å². The average molecular weight is 487 g/mol. The second-order valence-electron chi connectivity index (χ2n) is 10.7. The van der Waals surface area contributed by atoms with Gasteiger partial charge in [-0.25, -0.2) is 0 Å². The van der Waals surface area contributed by atoms with Crippen molar-refractivity contribution in [1.82, 2.24) is 0 Å². The molecule has 0 unspecified atom stereocenters. The maximum Gasteiger partial charge on any atom is 1.00 e. The molecule has 2 aromatic carbocycles. The molecule has 0 radical (unpaired) electrons. The molecule has 0 nitrogen and oxygen atoms in total. The van der Waals surface area contributed by atoms with Crippen LogP contribution in [0.3, 0.4) is 0 Å². The molecule has 4 rings (SSSR count). The molecular weight excluding hydrogens is 446 g/mol. The third kappa shape index (κ3) is 7.36. The van der Waals surface area contributed by atoms with Gasteiger partial charge in [0.15, 0.2) is 0 Å². The molecule has 0 amide bonds. The minimum atomic E-state index is 0. The van der Waals surface area contributed by atoms with Crippen LogP contribution >= 0.6 is 0 Å². The monoisotopic (exact) mass is 486 g/mol. The first-order chi connectivity index (χ1) is 14.6. The van der Waals surface area contributed by atoms with E-state index in [0.29, 0.717) is 0 Å². The van der Waals surface area contributed by atoms with Crippen LogP contribution in [0.15, 0.2) is 36.4 Å². The van der Waals surface area contributed by atoms with Crippen LogP contribution in [-0.4, -0.2) is 0 Å². The predicted octanol–water partition coefficient (Wildman–Crippen LogP) is 5.26. The number of benzene rings is 2. The molecule has 0 bridgehead atoms. The van der Waals surface area contributed by atoms with Gasteiger partial charge in [0.25, 0.3) is 0 Å². The number of hydrogen-bond acceptors (Lipinski definition) is 0. The van der Waals surface area contributed by atoms with Gasteiger partial charge in [-0.1, -0.05) is 57.6 Å². The summed E-state index contributed by atoms with van der Waals surface area (Å²) >= 11 is 0. The van der Waals surface area contributed by atoms with E-state index in [-0.39, 0.29) is 58.2 Å². The van der Waals surface area contributed by atoms with E-state index < -0.39 is 0 Å². The maximum absolute atomic E-state index is 3.13. The van der Waals surface area contributed by atoms with Crippen LogP contribution in [-0.2, 0) is 12.8 Å². The van der Waals surface area contributed by atoms with Crippen molar-refractivity contribution in [2.75, 3.05) is 0 Å². The van der Waals surface area contributed by atoms with Crippen molar-refractivity contribution in [2.45, 2.75) is 91.4 Å². The van der Waals surface area contributed by atoms with E-state index in [0.717, 1.165) is 30.1 Å². The smallest absolute Gasteiger partial charge is 0.184 e. The minimum absolute atomic E-state index is 0. The zero-order chi connectivity index (χ0) is 20.9. The van der Waals surface area contributed by atoms with Gasteiger partial charge in [0.2, 0.25) is 0 Å². The third-order valence-electron chi connectivity index (χ3n) is 8.47. The molecule has 0 aromatic heterocycles. The van der Waals surface area contributed by atoms with Gasteiger partial charge in [-0.05, 0) is 91.9 Å². The number of hydrogen-bond donors (Lipinski definition) is 0. The van der Waals surface area contributed by atoms with Gasteiger partial charge in [0.1, 0.15) is 0 Å². The van der Waals surface area contributed by atoms with Crippen molar-refractivity contribution in [3.8, 4) is 0 Å². The Labute approximate surface area is 240 Å². The number of rotatable bonds is 6. The van der Waals surface area contributed by atoms with Gasteiger partial charge in [-0.2, -0.15) is 35.9 Å². The fourth-order valence-corrected chi connectivity index (χ4v) is 6.12. The predicted molar refractivity (Wildman–Crippen MR) is 129 cm³/mol. The molecule has 1 heteroatoms. The van der Waals surface area contributed by atoms with Crippen LogP contribution < -0.4 is 58.2 Å². The zero-order valence-corrected chi connectivity index (χ0v) is 25.5. The summed E-state index contributed by atoms with van der Waals surface area (Å²) in [5, 5.41) is 0. The Hall–Kier alpha value is 0.245. The first kappa shape index (κ1) is 25.9. The van der Waals surface area contributed by atoms with Crippen molar-refractivity contribution in [1.29, 1.82) is 0 Å². The van der Waals surface area contributed by atoms with Crippen LogP contribution in [0.2, 0.25) is 0 Å². The summed E-state index contributed by atoms with van der Waals surface area (Å²) < 4.78 is 0. The molecule has 2 saturated carbocycles. The van der Waals surface area contributed by atoms with E-state index >= 15 is 0 Å². The molecule has 0 atom stereocenters. The van der Waals surface area contributed by atoms with E-state index in [4.69, 9.17) is 0 Å². The van der Waals surface area contributed by atoms with Gasteiger partial charge >= 0.3 is 58.2 Å². The molecule has 0 heterocycles. The molecule has 31 heavy (non-hydrogen) atoms. The standard InChI is InChI=1S/C30H41.Rb/c1-22-9-11-26(12-10-22)19-27-13-15-28(16-14-27)21-30-18-17-29(23(2)24(30)3)20-25-7-5-4-6-8-25;/h5-8,17-18,22,26-28H,9-16,19-21H2,1-3H3;/q-1;+1. The normalized spacial score (nSPS) is 26.3. The summed E-state index contributed by atoms with van der Waals surface area (Å²) in [5.41, 5.74) is 7.50. The van der Waals surface area contributed by atoms with Crippen LogP contribution in [0.1, 0.15) is 92.5 Å². The third-order valence-corrected chi connectivity index (χ3v) is 8.47. The summed E-state index contributed by atoms with van der Waals surface area (Å²) in [6.45, 7) is 7.12. The molecule has 2 aromatic rings. The Morgan fingerprint density at radius 1 is 0.710 bits per heavy atom. The van der Waals surface area contributed by atoms with Crippen LogP contribution in [0, 0.1) is 43.6 Å². The fraction of sp³-hybridized carbons (Fsp3) is 0.600. The Morgan fingerprint density at radius 2 is 1.23 bits per heavy atom. The molecule has 0 saturated heterocycles. The molecule has 162 valence electrons. The van der Waals surface area contributed by atoms with Crippen molar-refractivity contribution in [3.63, 3.8) is 0 Å². The van der Waals surface area contributed by atoms with Gasteiger partial charge < -0.3 is 0 Å². The van der Waals surface area contributed by atoms with E-state index in [1.54, 1.807) is 5.56 Å². The first-order valence-electron chi connectivity index (χ1n) is 12.6. The minimum Gasteiger partial charge on any atom is -0.184 e. The first-order valence-corrected chi connectivity index (χ1v) is 12.6. The summed E-state index contributed by atoms with van der Waals surface area (Å²) in [5.74, 6) is 3.96. The molecule has 2 aliphatic carbocycles. The second-order valence-corrected chi connectivity index (χ2v) is 10.7. The Kier molecular flexibility index (Phi) is 10.5. The van der Waals surface area contributed by atoms with E-state index in [1.165, 1.54) is 86.5 Å². The van der Waals surface area contributed by atoms with Gasteiger partial charge in [0, 0.05) is 0 Å². The van der Waals surface area contributed by atoms with E-state index in [2.05, 4.69) is 51.1 Å². The molecule has 0 N–H and O–H groups in total. The van der Waals surface area contributed by atoms with Crippen LogP contribution in [0.4, 0.5) is 0 Å². The maximum atomic E-state index is 3.13. The van der Waals surface area contributed by atoms with E-state index in [1.807, 2.05) is 12.1 Å². The summed E-state index contributed by atoms with van der Waals surface area (Å²) in [4.78, 5) is 0. The SMILES string of the molecule is Cc1c(Cc2cc[c-]cc2)ccc(CC2CCC(CC3CCC(C)CC3)CC2)c1C.[Rb+]. The van der Waals surface area contributed by atoms with Crippen molar-refractivity contribution in [2.24, 2.45) is 23.7 Å². The van der Waals surface area contributed by atoms with Gasteiger partial charge in [-0.3, -0.25) is 0 Å². The molecule has 0 aliphatic heterocycles. The topological polar surface area (TPSA) is 0 Å². The van der Waals surface area contributed by atoms with Gasteiger partial charge in [-0.15, -0.1) is 0 Å². The Bertz CT molecular complexity index is 793. The second kappa shape index (κ2) is 12.6. The van der Waals surface area contributed by atoms with Crippen molar-refractivity contribution < 1.29 is 58.2 Å². The average Bonchev–Trinajstić information content (AvgIpc) is 2.77. The quantitative estimate of drug-likeness (QED) is 0.488. The zero-order valence-electron chi connectivity index (χ0n) is 20.6. The summed E-state index contributed by atoms with van der Waals surface area (Å²) in [6.07, 6.45) is 15.7. The van der Waals surface area contributed by atoms with Crippen LogP contribution in [0.25, 0.3) is 0 Å². The van der Waals surface area contributed by atoms with Crippen LogP contribution in [0.5, 0.6) is 0 Å². The summed E-state index contributed by atoms with van der Waals surface area (Å²) in [7, 11) is 0. The molecule has 2 fully saturated rings. The van der Waals surface area contributed by atoms with Crippen molar-refractivity contribution in [3.05, 3.63) is 70.3 Å². The molecule has 2 aliphatic rings. The molecular formula is C30H41Rb. The van der Waals surface area contributed by atoms with Gasteiger partial charge in [0.05, 0.1) is 0 Å². The Balaban J connectivity index is 0.00000272. The van der Waals surface area contributed by atoms with Crippen molar-refractivity contribution >= 4 is 0 Å². The fourth-order valence-electron chi connectivity index (χ4n) is 6.12. The Morgan fingerprint density at radius 3 is 1.87 bits per heavy atom.